The minimum absolute atomic E-state index is 0.0142. The predicted octanol–water partition coefficient (Wildman–Crippen LogP) is -2.89. The Morgan fingerprint density at radius 3 is 1.81 bits per heavy atom. The van der Waals surface area contributed by atoms with Crippen molar-refractivity contribution in [3.8, 4) is 0 Å². The Hall–Kier alpha value is -2.03. The molecule has 0 aromatic rings. The number of carboxylic acid groups (broad SMARTS) is 1. The number of carbonyl (C=O) groups excluding carboxylic acids is 4. The number of nitrogens with one attached hydrogen (secondary N) is 3. The van der Waals surface area contributed by atoms with Crippen LogP contribution in [0, 0.1) is 0 Å². The largest absolute Gasteiger partial charge is 0.480 e. The third-order valence-corrected chi connectivity index (χ3v) is 4.96. The smallest absolute Gasteiger partial charge is 0.327 e. The Bertz CT molecular complexity index is 638. The minimum atomic E-state index is -1.27. The molecule has 0 saturated heterocycles. The lowest BCUT2D eigenvalue weighted by Crippen LogP contribution is -2.57. The molecule has 0 aliphatic rings. The van der Waals surface area contributed by atoms with E-state index in [0.717, 1.165) is 0 Å². The van der Waals surface area contributed by atoms with Crippen LogP contribution in [-0.2, 0) is 24.0 Å². The number of amides is 4. The highest BCUT2D eigenvalue weighted by molar-refractivity contribution is 7.80. The van der Waals surface area contributed by atoms with Crippen molar-refractivity contribution in [2.45, 2.75) is 56.3 Å². The summed E-state index contributed by atoms with van der Waals surface area (Å²) in [6, 6.07) is -4.45. The molecule has 0 aromatic heterocycles. The molecule has 31 heavy (non-hydrogen) atoms. The summed E-state index contributed by atoms with van der Waals surface area (Å²) in [5.41, 5.74) is 16.2. The van der Waals surface area contributed by atoms with Crippen LogP contribution in [-0.4, -0.2) is 76.9 Å². The monoisotopic (exact) mass is 480 g/mol. The average molecular weight is 481 g/mol. The molecule has 0 radical (unpaired) electrons. The number of nitrogens with two attached hydrogens (primary N) is 3. The van der Waals surface area contributed by atoms with E-state index in [9.17, 15) is 24.0 Å². The number of hydrogen-bond donors (Lipinski definition) is 9. The van der Waals surface area contributed by atoms with Crippen LogP contribution in [0.2, 0.25) is 0 Å². The first-order chi connectivity index (χ1) is 14.6. The lowest BCUT2D eigenvalue weighted by Gasteiger charge is -2.24. The number of thiol groups is 2. The van der Waals surface area contributed by atoms with E-state index in [0.29, 0.717) is 19.4 Å². The lowest BCUT2D eigenvalue weighted by atomic mass is 10.1. The molecule has 0 bridgehead atoms. The second-order valence-electron chi connectivity index (χ2n) is 6.78. The van der Waals surface area contributed by atoms with Crippen molar-refractivity contribution in [2.24, 2.45) is 17.2 Å². The first-order valence-electron chi connectivity index (χ1n) is 9.66. The molecule has 0 rings (SSSR count). The molecule has 178 valence electrons. The molecule has 10 N–H and O–H groups in total. The minimum Gasteiger partial charge on any atom is -0.480 e. The predicted molar refractivity (Wildman–Crippen MR) is 120 cm³/mol. The fourth-order valence-electron chi connectivity index (χ4n) is 2.39. The zero-order valence-corrected chi connectivity index (χ0v) is 18.9. The van der Waals surface area contributed by atoms with Crippen molar-refractivity contribution >= 4 is 54.9 Å². The van der Waals surface area contributed by atoms with Crippen LogP contribution >= 0.6 is 25.3 Å². The number of primary amides is 1. The molecule has 0 fully saturated rings. The van der Waals surface area contributed by atoms with Gasteiger partial charge in [0, 0.05) is 17.9 Å². The van der Waals surface area contributed by atoms with Gasteiger partial charge < -0.3 is 38.3 Å². The molecule has 12 nitrogen and oxygen atoms in total. The number of unbranched alkanes of at least 4 members (excludes halogenated alkanes) is 1. The summed E-state index contributed by atoms with van der Waals surface area (Å²) in [5.74, 6) is -4.21. The maximum atomic E-state index is 12.7. The molecule has 4 atom stereocenters. The van der Waals surface area contributed by atoms with E-state index >= 15 is 0 Å². The van der Waals surface area contributed by atoms with Crippen molar-refractivity contribution in [1.82, 2.24) is 16.0 Å². The Balaban J connectivity index is 5.15. The van der Waals surface area contributed by atoms with Gasteiger partial charge in [-0.25, -0.2) is 4.79 Å². The van der Waals surface area contributed by atoms with Crippen LogP contribution in [0.15, 0.2) is 0 Å². The highest BCUT2D eigenvalue weighted by Gasteiger charge is 2.29. The van der Waals surface area contributed by atoms with Gasteiger partial charge in [-0.05, 0) is 32.2 Å². The van der Waals surface area contributed by atoms with E-state index in [2.05, 4.69) is 41.2 Å². The summed E-state index contributed by atoms with van der Waals surface area (Å²) in [6.45, 7) is 0.391. The molecule has 0 heterocycles. The van der Waals surface area contributed by atoms with Gasteiger partial charge in [0.15, 0.2) is 0 Å². The number of hydrogen-bond acceptors (Lipinski definition) is 9. The standard InChI is InChI=1S/C17H32N6O6S2/c18-6-2-1-3-10(21-14(25)9(19)4-5-13(20)24)15(26)22-11(7-30)16(27)23-12(8-31)17(28)29/h9-12,30-31H,1-8,18-19H2,(H2,20,24)(H,21,25)(H,22,26)(H,23,27)(H,28,29). The molecule has 4 amide bonds. The van der Waals surface area contributed by atoms with Gasteiger partial charge in [0.1, 0.15) is 18.1 Å². The normalized spacial score (nSPS) is 14.6. The molecule has 14 heteroatoms. The Kier molecular flexibility index (Phi) is 14.7. The fourth-order valence-corrected chi connectivity index (χ4v) is 2.90. The van der Waals surface area contributed by atoms with E-state index in [1.165, 1.54) is 0 Å². The van der Waals surface area contributed by atoms with Crippen LogP contribution in [0.5, 0.6) is 0 Å². The molecule has 0 saturated carbocycles. The van der Waals surface area contributed by atoms with Crippen molar-refractivity contribution in [3.63, 3.8) is 0 Å². The molecule has 0 spiro atoms. The maximum Gasteiger partial charge on any atom is 0.327 e. The molecule has 4 unspecified atom stereocenters. The van der Waals surface area contributed by atoms with Gasteiger partial charge in [0.2, 0.25) is 23.6 Å². The van der Waals surface area contributed by atoms with Gasteiger partial charge in [-0.1, -0.05) is 0 Å². The van der Waals surface area contributed by atoms with Crippen molar-refractivity contribution in [1.29, 1.82) is 0 Å². The highest BCUT2D eigenvalue weighted by Crippen LogP contribution is 2.04. The fraction of sp³-hybridized carbons (Fsp3) is 0.706. The van der Waals surface area contributed by atoms with Crippen LogP contribution in [0.25, 0.3) is 0 Å². The Morgan fingerprint density at radius 1 is 0.806 bits per heavy atom. The zero-order chi connectivity index (χ0) is 24.0. The number of carboxylic acids is 1. The van der Waals surface area contributed by atoms with Gasteiger partial charge >= 0.3 is 5.97 Å². The second kappa shape index (κ2) is 15.7. The zero-order valence-electron chi connectivity index (χ0n) is 17.1. The van der Waals surface area contributed by atoms with E-state index in [1.807, 2.05) is 0 Å². The average Bonchev–Trinajstić information content (AvgIpc) is 2.72. The second-order valence-corrected chi connectivity index (χ2v) is 7.51. The first-order valence-corrected chi connectivity index (χ1v) is 10.9. The van der Waals surface area contributed by atoms with Gasteiger partial charge in [-0.15, -0.1) is 0 Å². The van der Waals surface area contributed by atoms with Crippen LogP contribution in [0.4, 0.5) is 0 Å². The third-order valence-electron chi connectivity index (χ3n) is 4.23. The van der Waals surface area contributed by atoms with Crippen LogP contribution in [0.1, 0.15) is 32.1 Å². The summed E-state index contributed by atoms with van der Waals surface area (Å²) >= 11 is 7.89. The van der Waals surface area contributed by atoms with Gasteiger partial charge in [-0.3, -0.25) is 19.2 Å². The lowest BCUT2D eigenvalue weighted by molar-refractivity contribution is -0.141. The summed E-state index contributed by atoms with van der Waals surface area (Å²) in [5, 5.41) is 16.2. The summed E-state index contributed by atoms with van der Waals surface area (Å²) in [6.07, 6.45) is 1.28. The van der Waals surface area contributed by atoms with Crippen molar-refractivity contribution in [2.75, 3.05) is 18.1 Å². The van der Waals surface area contributed by atoms with Gasteiger partial charge in [-0.2, -0.15) is 25.3 Å². The van der Waals surface area contributed by atoms with E-state index in [4.69, 9.17) is 22.3 Å². The quantitative estimate of drug-likeness (QED) is 0.0822. The highest BCUT2D eigenvalue weighted by atomic mass is 32.1. The summed E-state index contributed by atoms with van der Waals surface area (Å²) in [4.78, 5) is 59.2. The number of carbonyl (C=O) groups is 5. The topological polar surface area (TPSA) is 220 Å². The number of aliphatic carboxylic acids is 1. The Labute approximate surface area is 191 Å². The molecule has 0 aromatic carbocycles. The molecular weight excluding hydrogens is 448 g/mol. The van der Waals surface area contributed by atoms with E-state index in [1.54, 1.807) is 0 Å². The maximum absolute atomic E-state index is 12.7. The van der Waals surface area contributed by atoms with Gasteiger partial charge in [0.25, 0.3) is 0 Å². The van der Waals surface area contributed by atoms with Crippen molar-refractivity contribution < 1.29 is 29.1 Å². The third kappa shape index (κ3) is 11.8. The van der Waals surface area contributed by atoms with Crippen LogP contribution in [0.3, 0.4) is 0 Å². The molecule has 0 aliphatic heterocycles. The first kappa shape index (κ1) is 29.0. The Morgan fingerprint density at radius 2 is 1.32 bits per heavy atom. The summed E-state index contributed by atoms with van der Waals surface area (Å²) in [7, 11) is 0. The van der Waals surface area contributed by atoms with Crippen LogP contribution < -0.4 is 33.2 Å². The molecular formula is C17H32N6O6S2. The SMILES string of the molecule is NCCCCC(NC(=O)C(N)CCC(N)=O)C(=O)NC(CS)C(=O)NC(CS)C(=O)O. The molecule has 0 aliphatic carbocycles. The van der Waals surface area contributed by atoms with E-state index in [-0.39, 0.29) is 30.8 Å². The summed E-state index contributed by atoms with van der Waals surface area (Å²) < 4.78 is 0. The van der Waals surface area contributed by atoms with Crippen molar-refractivity contribution in [3.05, 3.63) is 0 Å². The van der Waals surface area contributed by atoms with E-state index < -0.39 is 53.8 Å². The number of rotatable bonds is 16. The van der Waals surface area contributed by atoms with Gasteiger partial charge in [0.05, 0.1) is 6.04 Å².